The first-order valence-corrected chi connectivity index (χ1v) is 7.51. The second kappa shape index (κ2) is 5.89. The van der Waals surface area contributed by atoms with E-state index in [0.717, 1.165) is 11.1 Å². The number of amides is 1. The lowest BCUT2D eigenvalue weighted by Gasteiger charge is -2.11. The molecule has 0 saturated heterocycles. The Labute approximate surface area is 138 Å². The highest BCUT2D eigenvalue weighted by atomic mass is 35.5. The van der Waals surface area contributed by atoms with E-state index >= 15 is 0 Å². The lowest BCUT2D eigenvalue weighted by molar-refractivity contribution is 0.102. The van der Waals surface area contributed by atoms with Crippen molar-refractivity contribution in [3.63, 3.8) is 0 Å². The van der Waals surface area contributed by atoms with Crippen molar-refractivity contribution < 1.29 is 4.79 Å². The van der Waals surface area contributed by atoms with Crippen LogP contribution in [0, 0.1) is 6.92 Å². The van der Waals surface area contributed by atoms with Gasteiger partial charge in [0.1, 0.15) is 5.56 Å². The molecule has 0 atom stereocenters. The molecule has 0 radical (unpaired) electrons. The Hall–Kier alpha value is -2.59. The number of benzene rings is 2. The number of para-hydroxylation sites is 1. The summed E-state index contributed by atoms with van der Waals surface area (Å²) in [5.41, 5.74) is 1.97. The number of carbonyl (C=O) groups excluding carboxylic acids is 1. The summed E-state index contributed by atoms with van der Waals surface area (Å²) in [5, 5.41) is 3.85. The SMILES string of the molecule is Cc1c(Cl)cccc1NC(=O)c1cn(C)c2ccccc2c1=O. The van der Waals surface area contributed by atoms with E-state index in [1.807, 2.05) is 26.1 Å². The van der Waals surface area contributed by atoms with Gasteiger partial charge in [0, 0.05) is 29.3 Å². The molecule has 2 aromatic carbocycles. The van der Waals surface area contributed by atoms with Gasteiger partial charge in [-0.2, -0.15) is 0 Å². The minimum absolute atomic E-state index is 0.102. The summed E-state index contributed by atoms with van der Waals surface area (Å²) in [5.74, 6) is -0.443. The van der Waals surface area contributed by atoms with Gasteiger partial charge in [0.15, 0.2) is 0 Å². The summed E-state index contributed by atoms with van der Waals surface area (Å²) in [7, 11) is 1.81. The van der Waals surface area contributed by atoms with E-state index in [1.165, 1.54) is 0 Å². The number of nitrogens with zero attached hydrogens (tertiary/aromatic N) is 1. The zero-order valence-electron chi connectivity index (χ0n) is 12.8. The lowest BCUT2D eigenvalue weighted by Crippen LogP contribution is -2.23. The largest absolute Gasteiger partial charge is 0.350 e. The van der Waals surface area contributed by atoms with Gasteiger partial charge in [-0.05, 0) is 36.8 Å². The van der Waals surface area contributed by atoms with Crippen LogP contribution in [-0.4, -0.2) is 10.5 Å². The summed E-state index contributed by atoms with van der Waals surface area (Å²) in [6.07, 6.45) is 1.56. The third kappa shape index (κ3) is 2.73. The monoisotopic (exact) mass is 326 g/mol. The van der Waals surface area contributed by atoms with E-state index in [-0.39, 0.29) is 11.0 Å². The van der Waals surface area contributed by atoms with Gasteiger partial charge in [-0.25, -0.2) is 0 Å². The molecule has 1 heterocycles. The van der Waals surface area contributed by atoms with Gasteiger partial charge in [-0.15, -0.1) is 0 Å². The molecule has 5 heteroatoms. The molecule has 1 N–H and O–H groups in total. The molecule has 4 nitrogen and oxygen atoms in total. The fourth-order valence-electron chi connectivity index (χ4n) is 2.53. The number of hydrogen-bond donors (Lipinski definition) is 1. The number of rotatable bonds is 2. The van der Waals surface area contributed by atoms with E-state index in [4.69, 9.17) is 11.6 Å². The normalized spacial score (nSPS) is 10.7. The van der Waals surface area contributed by atoms with Crippen molar-refractivity contribution >= 4 is 34.1 Å². The molecule has 1 amide bonds. The number of anilines is 1. The Morgan fingerprint density at radius 2 is 1.87 bits per heavy atom. The average Bonchev–Trinajstić information content (AvgIpc) is 2.55. The van der Waals surface area contributed by atoms with Crippen LogP contribution < -0.4 is 10.7 Å². The molecule has 23 heavy (non-hydrogen) atoms. The van der Waals surface area contributed by atoms with Crippen LogP contribution in [0.15, 0.2) is 53.5 Å². The van der Waals surface area contributed by atoms with Crippen molar-refractivity contribution in [2.75, 3.05) is 5.32 Å². The molecule has 0 bridgehead atoms. The first kappa shape index (κ1) is 15.3. The number of halogens is 1. The molecule has 0 fully saturated rings. The van der Waals surface area contributed by atoms with E-state index in [9.17, 15) is 9.59 Å². The molecule has 0 aliphatic heterocycles. The standard InChI is InChI=1S/C18H15ClN2O2/c1-11-14(19)7-5-8-15(11)20-18(23)13-10-21(2)16-9-4-3-6-12(16)17(13)22/h3-10H,1-2H3,(H,20,23). The van der Waals surface area contributed by atoms with Gasteiger partial charge in [0.2, 0.25) is 5.43 Å². The maximum atomic E-state index is 12.6. The van der Waals surface area contributed by atoms with Crippen LogP contribution in [-0.2, 0) is 7.05 Å². The van der Waals surface area contributed by atoms with Gasteiger partial charge < -0.3 is 9.88 Å². The fourth-order valence-corrected chi connectivity index (χ4v) is 2.71. The Morgan fingerprint density at radius 1 is 1.13 bits per heavy atom. The molecule has 3 rings (SSSR count). The fraction of sp³-hybridized carbons (Fsp3) is 0.111. The minimum Gasteiger partial charge on any atom is -0.350 e. The highest BCUT2D eigenvalue weighted by Crippen LogP contribution is 2.23. The highest BCUT2D eigenvalue weighted by Gasteiger charge is 2.15. The Balaban J connectivity index is 2.07. The number of carbonyl (C=O) groups is 1. The summed E-state index contributed by atoms with van der Waals surface area (Å²) >= 11 is 6.06. The van der Waals surface area contributed by atoms with Gasteiger partial charge in [0.05, 0.1) is 5.52 Å². The minimum atomic E-state index is -0.443. The van der Waals surface area contributed by atoms with Gasteiger partial charge in [-0.3, -0.25) is 9.59 Å². The van der Waals surface area contributed by atoms with Crippen LogP contribution in [0.25, 0.3) is 10.9 Å². The van der Waals surface area contributed by atoms with Crippen LogP contribution >= 0.6 is 11.6 Å². The van der Waals surface area contributed by atoms with Gasteiger partial charge >= 0.3 is 0 Å². The van der Waals surface area contributed by atoms with Crippen LogP contribution in [0.1, 0.15) is 15.9 Å². The first-order chi connectivity index (χ1) is 11.0. The number of pyridine rings is 1. The van der Waals surface area contributed by atoms with Crippen molar-refractivity contribution in [3.05, 3.63) is 75.0 Å². The quantitative estimate of drug-likeness (QED) is 0.779. The average molecular weight is 327 g/mol. The van der Waals surface area contributed by atoms with Crippen molar-refractivity contribution in [3.8, 4) is 0 Å². The molecule has 116 valence electrons. The third-order valence-corrected chi connectivity index (χ3v) is 4.27. The molecular weight excluding hydrogens is 312 g/mol. The van der Waals surface area contributed by atoms with Crippen molar-refractivity contribution in [2.24, 2.45) is 7.05 Å². The smallest absolute Gasteiger partial charge is 0.261 e. The lowest BCUT2D eigenvalue weighted by atomic mass is 10.1. The first-order valence-electron chi connectivity index (χ1n) is 7.14. The molecule has 0 aliphatic carbocycles. The van der Waals surface area contributed by atoms with Crippen molar-refractivity contribution in [2.45, 2.75) is 6.92 Å². The second-order valence-electron chi connectivity index (χ2n) is 5.37. The van der Waals surface area contributed by atoms with E-state index in [2.05, 4.69) is 5.32 Å². The summed E-state index contributed by atoms with van der Waals surface area (Å²) in [4.78, 5) is 25.1. The number of hydrogen-bond acceptors (Lipinski definition) is 2. The molecule has 0 spiro atoms. The van der Waals surface area contributed by atoms with Crippen molar-refractivity contribution in [1.29, 1.82) is 0 Å². The maximum Gasteiger partial charge on any atom is 0.261 e. The van der Waals surface area contributed by atoms with Crippen LogP contribution in [0.5, 0.6) is 0 Å². The predicted octanol–water partition coefficient (Wildman–Crippen LogP) is 3.75. The second-order valence-corrected chi connectivity index (χ2v) is 5.77. The van der Waals surface area contributed by atoms with E-state index in [0.29, 0.717) is 16.1 Å². The molecular formula is C18H15ClN2O2. The van der Waals surface area contributed by atoms with Crippen LogP contribution in [0.3, 0.4) is 0 Å². The molecule has 0 aliphatic rings. The van der Waals surface area contributed by atoms with E-state index < -0.39 is 5.91 Å². The zero-order chi connectivity index (χ0) is 16.6. The number of aryl methyl sites for hydroxylation is 1. The highest BCUT2D eigenvalue weighted by molar-refractivity contribution is 6.31. The molecule has 1 aromatic heterocycles. The van der Waals surface area contributed by atoms with E-state index in [1.54, 1.807) is 41.1 Å². The Kier molecular flexibility index (Phi) is 3.92. The summed E-state index contributed by atoms with van der Waals surface area (Å²) in [6.45, 7) is 1.82. The van der Waals surface area contributed by atoms with Gasteiger partial charge in [-0.1, -0.05) is 29.8 Å². The Bertz CT molecular complexity index is 976. The van der Waals surface area contributed by atoms with Gasteiger partial charge in [0.25, 0.3) is 5.91 Å². The summed E-state index contributed by atoms with van der Waals surface area (Å²) in [6, 6.07) is 12.5. The van der Waals surface area contributed by atoms with Crippen LogP contribution in [0.4, 0.5) is 5.69 Å². The van der Waals surface area contributed by atoms with Crippen LogP contribution in [0.2, 0.25) is 5.02 Å². The number of fused-ring (bicyclic) bond motifs is 1. The predicted molar refractivity (Wildman–Crippen MR) is 93.3 cm³/mol. The maximum absolute atomic E-state index is 12.6. The molecule has 0 saturated carbocycles. The van der Waals surface area contributed by atoms with Crippen molar-refractivity contribution in [1.82, 2.24) is 4.57 Å². The third-order valence-electron chi connectivity index (χ3n) is 3.86. The Morgan fingerprint density at radius 3 is 2.65 bits per heavy atom. The molecule has 3 aromatic rings. The molecule has 0 unspecified atom stereocenters. The summed E-state index contributed by atoms with van der Waals surface area (Å²) < 4.78 is 1.77. The number of aromatic nitrogens is 1. The topological polar surface area (TPSA) is 51.1 Å². The number of nitrogens with one attached hydrogen (secondary N) is 1. The zero-order valence-corrected chi connectivity index (χ0v) is 13.5.